The second kappa shape index (κ2) is 8.91. The average molecular weight is 423 g/mol. The van der Waals surface area contributed by atoms with E-state index in [1.165, 1.54) is 23.9 Å². The largest absolute Gasteiger partial charge is 0.360 e. The van der Waals surface area contributed by atoms with E-state index in [4.69, 9.17) is 4.52 Å². The van der Waals surface area contributed by atoms with Crippen LogP contribution in [0.15, 0.2) is 70.3 Å². The van der Waals surface area contributed by atoms with E-state index in [0.717, 1.165) is 11.1 Å². The second-order valence-corrected chi connectivity index (χ2v) is 7.49. The van der Waals surface area contributed by atoms with E-state index in [1.807, 2.05) is 34.9 Å². The fraction of sp³-hybridized carbons (Fsp3) is 0.143. The van der Waals surface area contributed by atoms with Crippen molar-refractivity contribution in [2.24, 2.45) is 0 Å². The molecule has 0 aliphatic rings. The number of anilines is 1. The molecule has 2 aromatic heterocycles. The zero-order valence-electron chi connectivity index (χ0n) is 16.1. The first-order valence-corrected chi connectivity index (χ1v) is 10.2. The van der Waals surface area contributed by atoms with Gasteiger partial charge in [-0.2, -0.15) is 0 Å². The van der Waals surface area contributed by atoms with E-state index >= 15 is 0 Å². The number of aromatic nitrogens is 4. The standard InChI is InChI=1S/C21H18FN5O2S/c1-14-11-18(26-29-14)23-19(28)13-30-21-25-24-20(16-7-9-17(22)10-8-16)27(21)12-15-5-3-2-4-6-15/h2-11H,12-13H2,1H3,(H,23,26,28). The molecular formula is C21H18FN5O2S. The van der Waals surface area contributed by atoms with Gasteiger partial charge in [-0.3, -0.25) is 9.36 Å². The van der Waals surface area contributed by atoms with Crippen molar-refractivity contribution >= 4 is 23.5 Å². The maximum Gasteiger partial charge on any atom is 0.236 e. The Kier molecular flexibility index (Phi) is 5.89. The van der Waals surface area contributed by atoms with Crippen molar-refractivity contribution in [3.63, 3.8) is 0 Å². The van der Waals surface area contributed by atoms with Crippen LogP contribution in [0.2, 0.25) is 0 Å². The summed E-state index contributed by atoms with van der Waals surface area (Å²) in [6.45, 7) is 2.27. The Morgan fingerprint density at radius 2 is 1.90 bits per heavy atom. The van der Waals surface area contributed by atoms with Crippen molar-refractivity contribution in [1.82, 2.24) is 19.9 Å². The molecule has 0 aliphatic carbocycles. The lowest BCUT2D eigenvalue weighted by Gasteiger charge is -2.10. The minimum atomic E-state index is -0.317. The third-order valence-electron chi connectivity index (χ3n) is 4.23. The molecule has 30 heavy (non-hydrogen) atoms. The third kappa shape index (κ3) is 4.74. The fourth-order valence-corrected chi connectivity index (χ4v) is 3.59. The van der Waals surface area contributed by atoms with Crippen molar-refractivity contribution < 1.29 is 13.7 Å². The molecule has 0 saturated heterocycles. The van der Waals surface area contributed by atoms with Gasteiger partial charge >= 0.3 is 0 Å². The van der Waals surface area contributed by atoms with Gasteiger partial charge in [-0.15, -0.1) is 10.2 Å². The van der Waals surface area contributed by atoms with Gasteiger partial charge in [0.05, 0.1) is 12.3 Å². The monoisotopic (exact) mass is 423 g/mol. The van der Waals surface area contributed by atoms with Gasteiger partial charge in [0.25, 0.3) is 0 Å². The molecule has 9 heteroatoms. The van der Waals surface area contributed by atoms with Crippen molar-refractivity contribution in [3.05, 3.63) is 77.8 Å². The third-order valence-corrected chi connectivity index (χ3v) is 5.20. The number of halogens is 1. The predicted octanol–water partition coefficient (Wildman–Crippen LogP) is 4.16. The molecule has 0 bridgehead atoms. The van der Waals surface area contributed by atoms with Crippen LogP contribution in [0.4, 0.5) is 10.2 Å². The summed E-state index contributed by atoms with van der Waals surface area (Å²) in [5.74, 6) is 1.17. The van der Waals surface area contributed by atoms with Crippen molar-refractivity contribution in [2.45, 2.75) is 18.6 Å². The van der Waals surface area contributed by atoms with Crippen molar-refractivity contribution in [1.29, 1.82) is 0 Å². The van der Waals surface area contributed by atoms with Crippen LogP contribution < -0.4 is 5.32 Å². The zero-order valence-corrected chi connectivity index (χ0v) is 16.9. The van der Waals surface area contributed by atoms with Crippen LogP contribution in [0.1, 0.15) is 11.3 Å². The molecule has 2 aromatic carbocycles. The molecule has 0 spiro atoms. The Balaban J connectivity index is 1.55. The number of nitrogens with zero attached hydrogens (tertiary/aromatic N) is 4. The highest BCUT2D eigenvalue weighted by atomic mass is 32.2. The van der Waals surface area contributed by atoms with E-state index in [-0.39, 0.29) is 17.5 Å². The lowest BCUT2D eigenvalue weighted by molar-refractivity contribution is -0.113. The van der Waals surface area contributed by atoms with Gasteiger partial charge in [0, 0.05) is 11.6 Å². The van der Waals surface area contributed by atoms with Gasteiger partial charge in [-0.05, 0) is 36.8 Å². The van der Waals surface area contributed by atoms with Gasteiger partial charge in [0.2, 0.25) is 5.91 Å². The smallest absolute Gasteiger partial charge is 0.236 e. The fourth-order valence-electron chi connectivity index (χ4n) is 2.85. The number of carbonyl (C=O) groups excluding carboxylic acids is 1. The molecule has 4 aromatic rings. The Morgan fingerprint density at radius 1 is 1.13 bits per heavy atom. The molecule has 2 heterocycles. The second-order valence-electron chi connectivity index (χ2n) is 6.54. The number of hydrogen-bond acceptors (Lipinski definition) is 6. The molecule has 4 rings (SSSR count). The maximum absolute atomic E-state index is 13.3. The van der Waals surface area contributed by atoms with Gasteiger partial charge < -0.3 is 9.84 Å². The van der Waals surface area contributed by atoms with Gasteiger partial charge in [-0.1, -0.05) is 47.3 Å². The summed E-state index contributed by atoms with van der Waals surface area (Å²) >= 11 is 1.26. The number of nitrogens with one attached hydrogen (secondary N) is 1. The molecular weight excluding hydrogens is 405 g/mol. The van der Waals surface area contributed by atoms with Crippen LogP contribution in [-0.4, -0.2) is 31.6 Å². The van der Waals surface area contributed by atoms with Crippen LogP contribution in [0.3, 0.4) is 0 Å². The van der Waals surface area contributed by atoms with Crippen molar-refractivity contribution in [3.8, 4) is 11.4 Å². The number of rotatable bonds is 7. The molecule has 0 atom stereocenters. The molecule has 152 valence electrons. The topological polar surface area (TPSA) is 85.8 Å². The Morgan fingerprint density at radius 3 is 2.60 bits per heavy atom. The van der Waals surface area contributed by atoms with E-state index in [2.05, 4.69) is 20.7 Å². The number of benzene rings is 2. The van der Waals surface area contributed by atoms with Crippen LogP contribution in [0, 0.1) is 12.7 Å². The molecule has 0 aliphatic heterocycles. The lowest BCUT2D eigenvalue weighted by atomic mass is 10.2. The van der Waals surface area contributed by atoms with E-state index in [1.54, 1.807) is 25.1 Å². The summed E-state index contributed by atoms with van der Waals surface area (Å²) in [4.78, 5) is 12.3. The van der Waals surface area contributed by atoms with Crippen LogP contribution in [-0.2, 0) is 11.3 Å². The van der Waals surface area contributed by atoms with Crippen LogP contribution in [0.25, 0.3) is 11.4 Å². The van der Waals surface area contributed by atoms with Gasteiger partial charge in [0.15, 0.2) is 16.8 Å². The van der Waals surface area contributed by atoms with Crippen LogP contribution >= 0.6 is 11.8 Å². The zero-order chi connectivity index (χ0) is 20.9. The van der Waals surface area contributed by atoms with Crippen LogP contribution in [0.5, 0.6) is 0 Å². The first-order chi connectivity index (χ1) is 14.6. The minimum absolute atomic E-state index is 0.127. The number of carbonyl (C=O) groups is 1. The molecule has 0 radical (unpaired) electrons. The highest BCUT2D eigenvalue weighted by Crippen LogP contribution is 2.25. The van der Waals surface area contributed by atoms with E-state index in [9.17, 15) is 9.18 Å². The number of thioether (sulfide) groups is 1. The first kappa shape index (κ1) is 19.8. The molecule has 1 amide bonds. The van der Waals surface area contributed by atoms with E-state index < -0.39 is 0 Å². The number of hydrogen-bond donors (Lipinski definition) is 1. The van der Waals surface area contributed by atoms with Gasteiger partial charge in [0.1, 0.15) is 11.6 Å². The molecule has 7 nitrogen and oxygen atoms in total. The lowest BCUT2D eigenvalue weighted by Crippen LogP contribution is -2.15. The average Bonchev–Trinajstić information content (AvgIpc) is 3.34. The Bertz CT molecular complexity index is 1140. The summed E-state index contributed by atoms with van der Waals surface area (Å²) in [5.41, 5.74) is 1.80. The first-order valence-electron chi connectivity index (χ1n) is 9.17. The normalized spacial score (nSPS) is 10.9. The predicted molar refractivity (Wildman–Crippen MR) is 112 cm³/mol. The minimum Gasteiger partial charge on any atom is -0.360 e. The summed E-state index contributed by atoms with van der Waals surface area (Å²) in [6.07, 6.45) is 0. The van der Waals surface area contributed by atoms with Crippen molar-refractivity contribution in [2.75, 3.05) is 11.1 Å². The quantitative estimate of drug-likeness (QED) is 0.449. The molecule has 1 N–H and O–H groups in total. The summed E-state index contributed by atoms with van der Waals surface area (Å²) in [6, 6.07) is 17.6. The van der Waals surface area contributed by atoms with E-state index in [0.29, 0.717) is 29.1 Å². The molecule has 0 saturated carbocycles. The Hall–Kier alpha value is -3.46. The Labute approximate surface area is 176 Å². The maximum atomic E-state index is 13.3. The molecule has 0 fully saturated rings. The summed E-state index contributed by atoms with van der Waals surface area (Å²) < 4.78 is 20.2. The number of aryl methyl sites for hydroxylation is 1. The summed E-state index contributed by atoms with van der Waals surface area (Å²) in [5, 5.41) is 15.6. The SMILES string of the molecule is Cc1cc(NC(=O)CSc2nnc(-c3ccc(F)cc3)n2Cc2ccccc2)no1. The molecule has 0 unspecified atom stereocenters. The summed E-state index contributed by atoms with van der Waals surface area (Å²) in [7, 11) is 0. The highest BCUT2D eigenvalue weighted by molar-refractivity contribution is 7.99. The number of amides is 1. The van der Waals surface area contributed by atoms with Gasteiger partial charge in [-0.25, -0.2) is 4.39 Å². The highest BCUT2D eigenvalue weighted by Gasteiger charge is 2.17.